The minimum Gasteiger partial charge on any atom is -0.303 e. The van der Waals surface area contributed by atoms with Gasteiger partial charge in [-0.1, -0.05) is 0 Å². The zero-order valence-corrected chi connectivity index (χ0v) is 9.34. The van der Waals surface area contributed by atoms with E-state index >= 15 is 0 Å². The maximum atomic E-state index is 8.88. The van der Waals surface area contributed by atoms with Gasteiger partial charge < -0.3 is 14.7 Å². The molecule has 0 saturated heterocycles. The van der Waals surface area contributed by atoms with E-state index in [9.17, 15) is 0 Å². The molecular weight excluding hydrogens is 213 g/mol. The van der Waals surface area contributed by atoms with Gasteiger partial charge in [0, 0.05) is 68.5 Å². The molecule has 0 rings (SSSR count). The van der Waals surface area contributed by atoms with Crippen molar-refractivity contribution in [1.29, 1.82) is 0 Å². The Balaban J connectivity index is -0.0000000800. The summed E-state index contributed by atoms with van der Waals surface area (Å²) in [5.41, 5.74) is 0. The molecule has 4 nitrogen and oxygen atoms in total. The summed E-state index contributed by atoms with van der Waals surface area (Å²) in [5.74, 6) is 0. The van der Waals surface area contributed by atoms with Crippen molar-refractivity contribution >= 4 is 76.3 Å². The van der Waals surface area contributed by atoms with Crippen LogP contribution in [0.25, 0.3) is 0 Å². The molecule has 0 aliphatic heterocycles. The van der Waals surface area contributed by atoms with Crippen LogP contribution in [0.4, 0.5) is 0 Å². The maximum Gasteiger partial charge on any atom is 0.466 e. The van der Waals surface area contributed by atoms with E-state index in [1.54, 1.807) is 0 Å². The summed E-state index contributed by atoms with van der Waals surface area (Å²) in [6.45, 7) is 0. The smallest absolute Gasteiger partial charge is 0.303 e. The van der Waals surface area contributed by atoms with Crippen LogP contribution in [0.1, 0.15) is 0 Å². The van der Waals surface area contributed by atoms with Gasteiger partial charge >= 0.3 is 7.82 Å². The van der Waals surface area contributed by atoms with Gasteiger partial charge in [0.15, 0.2) is 0 Å². The van der Waals surface area contributed by atoms with E-state index in [-0.39, 0.29) is 68.5 Å². The second-order valence-corrected chi connectivity index (χ2v) is 1.54. The Morgan fingerprint density at radius 2 is 1.14 bits per heavy atom. The molecule has 0 aromatic carbocycles. The van der Waals surface area contributed by atoms with E-state index < -0.39 is 7.82 Å². The van der Waals surface area contributed by atoms with Crippen LogP contribution in [0.3, 0.4) is 0 Å². The number of rotatable bonds is 0. The zero-order valence-electron chi connectivity index (χ0n) is 3.61. The van der Waals surface area contributed by atoms with Crippen molar-refractivity contribution in [1.82, 2.24) is 0 Å². The SMILES string of the molecule is O=P(O)(O)O.[K].[Se]. The van der Waals surface area contributed by atoms with Crippen molar-refractivity contribution in [2.45, 2.75) is 0 Å². The molecule has 0 heterocycles. The predicted octanol–water partition coefficient (Wildman–Crippen LogP) is -1.69. The van der Waals surface area contributed by atoms with Crippen LogP contribution in [0.2, 0.25) is 0 Å². The van der Waals surface area contributed by atoms with E-state index in [1.807, 2.05) is 0 Å². The van der Waals surface area contributed by atoms with Gasteiger partial charge in [-0.3, -0.25) is 0 Å². The molecule has 0 bridgehead atoms. The third kappa shape index (κ3) is 63.2. The van der Waals surface area contributed by atoms with Crippen molar-refractivity contribution in [3.05, 3.63) is 0 Å². The first-order valence-electron chi connectivity index (χ1n) is 0.783. The van der Waals surface area contributed by atoms with E-state index in [1.165, 1.54) is 0 Å². The number of hydrogen-bond donors (Lipinski definition) is 3. The van der Waals surface area contributed by atoms with Gasteiger partial charge in [-0.05, 0) is 0 Å². The summed E-state index contributed by atoms with van der Waals surface area (Å²) in [5, 5.41) is 0. The molecule has 0 aliphatic carbocycles. The van der Waals surface area contributed by atoms with Crippen molar-refractivity contribution in [2.24, 2.45) is 0 Å². The second kappa shape index (κ2) is 6.39. The first-order valence-corrected chi connectivity index (χ1v) is 2.35. The molecule has 3 N–H and O–H groups in total. The quantitative estimate of drug-likeness (QED) is 0.333. The van der Waals surface area contributed by atoms with Crippen molar-refractivity contribution in [3.8, 4) is 0 Å². The molecule has 0 aromatic heterocycles. The third-order valence-electron chi connectivity index (χ3n) is 0. The molecule has 0 fully saturated rings. The monoisotopic (exact) mass is 217 g/mol. The van der Waals surface area contributed by atoms with E-state index in [0.717, 1.165) is 0 Å². The molecule has 0 aromatic rings. The van der Waals surface area contributed by atoms with Gasteiger partial charge in [0.05, 0.1) is 0 Å². The Morgan fingerprint density at radius 1 is 1.14 bits per heavy atom. The maximum absolute atomic E-state index is 8.88. The van der Waals surface area contributed by atoms with Crippen molar-refractivity contribution < 1.29 is 19.2 Å². The summed E-state index contributed by atoms with van der Waals surface area (Å²) in [4.78, 5) is 21.6. The van der Waals surface area contributed by atoms with E-state index in [0.29, 0.717) is 0 Å². The molecule has 39 valence electrons. The largest absolute Gasteiger partial charge is 0.466 e. The van der Waals surface area contributed by atoms with Crippen LogP contribution < -0.4 is 0 Å². The Morgan fingerprint density at radius 3 is 1.14 bits per heavy atom. The normalized spacial score (nSPS) is 8.43. The summed E-state index contributed by atoms with van der Waals surface area (Å²) in [7, 11) is -4.64. The van der Waals surface area contributed by atoms with Gasteiger partial charge in [0.25, 0.3) is 0 Å². The zero-order chi connectivity index (χ0) is 4.50. The number of phosphoric acid groups is 1. The Bertz CT molecular complexity index is 57.8. The Labute approximate surface area is 93.8 Å². The van der Waals surface area contributed by atoms with Gasteiger partial charge in [-0.15, -0.1) is 0 Å². The van der Waals surface area contributed by atoms with Crippen LogP contribution in [0.5, 0.6) is 0 Å². The first kappa shape index (κ1) is 16.1. The Hall–Kier alpha value is 2.27. The molecular formula is H3KO4PSe. The molecule has 3 radical (unpaired) electrons. The molecule has 7 heteroatoms. The molecule has 0 unspecified atom stereocenters. The molecule has 0 saturated carbocycles. The molecule has 0 aliphatic rings. The summed E-state index contributed by atoms with van der Waals surface area (Å²) in [6.07, 6.45) is 0. The standard InChI is InChI=1S/K.H3O4P.Se/c;1-5(2,3)4;/h;(H3,1,2,3,4);. The third-order valence-corrected chi connectivity index (χ3v) is 0. The minimum atomic E-state index is -4.64. The van der Waals surface area contributed by atoms with Gasteiger partial charge in [-0.2, -0.15) is 0 Å². The van der Waals surface area contributed by atoms with Crippen LogP contribution in [0.15, 0.2) is 0 Å². The molecule has 0 atom stereocenters. The van der Waals surface area contributed by atoms with Crippen LogP contribution in [0, 0.1) is 0 Å². The topological polar surface area (TPSA) is 77.8 Å². The fourth-order valence-electron chi connectivity index (χ4n) is 0. The van der Waals surface area contributed by atoms with E-state index in [2.05, 4.69) is 0 Å². The predicted molar refractivity (Wildman–Crippen MR) is 25.8 cm³/mol. The summed E-state index contributed by atoms with van der Waals surface area (Å²) >= 11 is 0. The van der Waals surface area contributed by atoms with Crippen molar-refractivity contribution in [3.63, 3.8) is 0 Å². The first-order chi connectivity index (χ1) is 2.00. The molecule has 7 heavy (non-hydrogen) atoms. The van der Waals surface area contributed by atoms with Crippen molar-refractivity contribution in [2.75, 3.05) is 0 Å². The summed E-state index contributed by atoms with van der Waals surface area (Å²) in [6, 6.07) is 0. The molecule has 0 spiro atoms. The van der Waals surface area contributed by atoms with Gasteiger partial charge in [0.1, 0.15) is 0 Å². The average Bonchev–Trinajstić information content (AvgIpc) is 0.722. The van der Waals surface area contributed by atoms with Crippen LogP contribution in [-0.2, 0) is 4.57 Å². The van der Waals surface area contributed by atoms with Gasteiger partial charge in [-0.25, -0.2) is 4.57 Å². The second-order valence-electron chi connectivity index (χ2n) is 0.513. The molecule has 0 amide bonds. The average molecular weight is 216 g/mol. The van der Waals surface area contributed by atoms with Crippen LogP contribution in [-0.4, -0.2) is 83.1 Å². The fourth-order valence-corrected chi connectivity index (χ4v) is 0. The van der Waals surface area contributed by atoms with Crippen LogP contribution >= 0.6 is 7.82 Å². The summed E-state index contributed by atoms with van der Waals surface area (Å²) < 4.78 is 8.88. The minimum absolute atomic E-state index is 0. The van der Waals surface area contributed by atoms with E-state index in [4.69, 9.17) is 19.2 Å². The number of hydrogen-bond acceptors (Lipinski definition) is 1. The fraction of sp³-hybridized carbons (Fsp3) is 0. The van der Waals surface area contributed by atoms with Gasteiger partial charge in [0.2, 0.25) is 0 Å². The Kier molecular flexibility index (Phi) is 14.7.